The molecule has 3 rings (SSSR count). The molecule has 8 heteroatoms. The van der Waals surface area contributed by atoms with E-state index in [-0.39, 0.29) is 55.0 Å². The first-order valence-corrected chi connectivity index (χ1v) is 10.9. The summed E-state index contributed by atoms with van der Waals surface area (Å²) < 4.78 is 0.922. The lowest BCUT2D eigenvalue weighted by atomic mass is 9.85. The molecule has 30 heavy (non-hydrogen) atoms. The van der Waals surface area contributed by atoms with Crippen molar-refractivity contribution in [2.45, 2.75) is 38.8 Å². The minimum atomic E-state index is -0.678. The van der Waals surface area contributed by atoms with Crippen molar-refractivity contribution in [3.05, 3.63) is 46.5 Å². The number of nitrogens with zero attached hydrogens (tertiary/aromatic N) is 2. The van der Waals surface area contributed by atoms with Crippen LogP contribution in [0.15, 0.2) is 40.9 Å². The molecule has 1 aromatic carbocycles. The van der Waals surface area contributed by atoms with E-state index in [0.29, 0.717) is 12.8 Å². The molecule has 1 aliphatic carbocycles. The summed E-state index contributed by atoms with van der Waals surface area (Å²) in [6.07, 6.45) is 5.01. The van der Waals surface area contributed by atoms with Gasteiger partial charge in [0.1, 0.15) is 6.04 Å². The number of likely N-dealkylation sites (tertiary alicyclic amines) is 1. The maximum absolute atomic E-state index is 13.0. The van der Waals surface area contributed by atoms with Gasteiger partial charge in [-0.15, -0.1) is 0 Å². The van der Waals surface area contributed by atoms with Gasteiger partial charge >= 0.3 is 0 Å². The van der Waals surface area contributed by atoms with Crippen LogP contribution < -0.4 is 5.32 Å². The van der Waals surface area contributed by atoms with Crippen molar-refractivity contribution in [2.75, 3.05) is 13.6 Å². The van der Waals surface area contributed by atoms with Crippen LogP contribution in [0.5, 0.6) is 0 Å². The van der Waals surface area contributed by atoms with Crippen molar-refractivity contribution in [1.29, 1.82) is 0 Å². The molecule has 1 aromatic rings. The van der Waals surface area contributed by atoms with Crippen LogP contribution in [-0.4, -0.2) is 53.1 Å². The number of hydrogen-bond donors (Lipinski definition) is 1. The van der Waals surface area contributed by atoms with E-state index in [9.17, 15) is 19.2 Å². The van der Waals surface area contributed by atoms with E-state index >= 15 is 0 Å². The Balaban J connectivity index is 1.69. The Kier molecular flexibility index (Phi) is 7.07. The molecule has 4 amide bonds. The molecule has 7 nitrogen and oxygen atoms in total. The summed E-state index contributed by atoms with van der Waals surface area (Å²) in [5.41, 5.74) is 0.882. The fourth-order valence-corrected chi connectivity index (χ4v) is 4.28. The highest BCUT2D eigenvalue weighted by Gasteiger charge is 2.47. The van der Waals surface area contributed by atoms with Crippen molar-refractivity contribution in [1.82, 2.24) is 15.1 Å². The topological polar surface area (TPSA) is 86.8 Å². The van der Waals surface area contributed by atoms with E-state index in [2.05, 4.69) is 21.2 Å². The van der Waals surface area contributed by atoms with Gasteiger partial charge in [0.15, 0.2) is 0 Å². The maximum Gasteiger partial charge on any atom is 0.242 e. The van der Waals surface area contributed by atoms with Crippen molar-refractivity contribution in [2.24, 2.45) is 11.8 Å². The van der Waals surface area contributed by atoms with Gasteiger partial charge < -0.3 is 10.2 Å². The number of amides is 4. The predicted octanol–water partition coefficient (Wildman–Crippen LogP) is 2.25. The van der Waals surface area contributed by atoms with Gasteiger partial charge in [0.25, 0.3) is 0 Å². The molecule has 3 atom stereocenters. The number of hydrogen-bond acceptors (Lipinski definition) is 4. The van der Waals surface area contributed by atoms with E-state index in [0.717, 1.165) is 10.0 Å². The Labute approximate surface area is 184 Å². The number of benzene rings is 1. The second kappa shape index (κ2) is 9.55. The molecular weight excluding hydrogens is 450 g/mol. The van der Waals surface area contributed by atoms with Gasteiger partial charge in [-0.3, -0.25) is 24.1 Å². The minimum Gasteiger partial charge on any atom is -0.357 e. The standard InChI is InChI=1S/C22H26BrN3O4/c1-14(20(28)24-2)26(13-15-7-9-16(23)10-8-15)19(27)11-12-25-21(29)17-5-3-4-6-18(17)22(25)30/h3-4,7-10,14,17-18H,5-6,11-13H2,1-2H3,(H,24,28)/t14-,17-,18+/m1/s1. The van der Waals surface area contributed by atoms with E-state index < -0.39 is 6.04 Å². The maximum atomic E-state index is 13.0. The first-order valence-electron chi connectivity index (χ1n) is 10.1. The highest BCUT2D eigenvalue weighted by atomic mass is 79.9. The molecule has 160 valence electrons. The Hall–Kier alpha value is -2.48. The van der Waals surface area contributed by atoms with Crippen LogP contribution in [0.25, 0.3) is 0 Å². The smallest absolute Gasteiger partial charge is 0.242 e. The molecule has 2 aliphatic rings. The monoisotopic (exact) mass is 475 g/mol. The number of carbonyl (C=O) groups excluding carboxylic acids is 4. The van der Waals surface area contributed by atoms with E-state index in [1.165, 1.54) is 16.8 Å². The van der Waals surface area contributed by atoms with Gasteiger partial charge in [-0.05, 0) is 37.5 Å². The van der Waals surface area contributed by atoms with Gasteiger partial charge in [-0.25, -0.2) is 0 Å². The zero-order chi connectivity index (χ0) is 21.8. The number of likely N-dealkylation sites (N-methyl/N-ethyl adjacent to an activating group) is 1. The predicted molar refractivity (Wildman–Crippen MR) is 115 cm³/mol. The number of nitrogens with one attached hydrogen (secondary N) is 1. The van der Waals surface area contributed by atoms with Crippen LogP contribution in [0.4, 0.5) is 0 Å². The lowest BCUT2D eigenvalue weighted by molar-refractivity contribution is -0.143. The van der Waals surface area contributed by atoms with Crippen molar-refractivity contribution < 1.29 is 19.2 Å². The van der Waals surface area contributed by atoms with E-state index in [1.54, 1.807) is 6.92 Å². The van der Waals surface area contributed by atoms with Crippen LogP contribution in [-0.2, 0) is 25.7 Å². The third kappa shape index (κ3) is 4.64. The summed E-state index contributed by atoms with van der Waals surface area (Å²) in [4.78, 5) is 53.2. The van der Waals surface area contributed by atoms with Crippen LogP contribution in [0.1, 0.15) is 31.7 Å². The second-order valence-corrected chi connectivity index (χ2v) is 8.59. The Morgan fingerprint density at radius 3 is 2.23 bits per heavy atom. The Morgan fingerprint density at radius 2 is 1.70 bits per heavy atom. The molecule has 0 saturated carbocycles. The lowest BCUT2D eigenvalue weighted by Gasteiger charge is -2.29. The molecule has 0 unspecified atom stereocenters. The van der Waals surface area contributed by atoms with Crippen LogP contribution in [0, 0.1) is 11.8 Å². The first-order chi connectivity index (χ1) is 14.3. The first kappa shape index (κ1) is 22.2. The summed E-state index contributed by atoms with van der Waals surface area (Å²) >= 11 is 3.39. The minimum absolute atomic E-state index is 0.0117. The quantitative estimate of drug-likeness (QED) is 0.483. The van der Waals surface area contributed by atoms with Crippen molar-refractivity contribution >= 4 is 39.6 Å². The third-order valence-electron chi connectivity index (χ3n) is 5.83. The highest BCUT2D eigenvalue weighted by molar-refractivity contribution is 9.10. The Bertz CT molecular complexity index is 842. The molecule has 0 aromatic heterocycles. The molecule has 0 spiro atoms. The van der Waals surface area contributed by atoms with Crippen LogP contribution in [0.2, 0.25) is 0 Å². The van der Waals surface area contributed by atoms with Gasteiger partial charge in [0.05, 0.1) is 11.8 Å². The molecule has 0 bridgehead atoms. The second-order valence-electron chi connectivity index (χ2n) is 7.67. The van der Waals surface area contributed by atoms with Crippen LogP contribution in [0.3, 0.4) is 0 Å². The number of allylic oxidation sites excluding steroid dienone is 2. The molecule has 1 heterocycles. The molecular formula is C22H26BrN3O4. The molecule has 1 aliphatic heterocycles. The third-order valence-corrected chi connectivity index (χ3v) is 6.36. The summed E-state index contributed by atoms with van der Waals surface area (Å²) in [6.45, 7) is 1.97. The fourth-order valence-electron chi connectivity index (χ4n) is 4.02. The average molecular weight is 476 g/mol. The highest BCUT2D eigenvalue weighted by Crippen LogP contribution is 2.35. The van der Waals surface area contributed by atoms with Gasteiger partial charge in [0.2, 0.25) is 23.6 Å². The number of imide groups is 1. The van der Waals surface area contributed by atoms with Crippen molar-refractivity contribution in [3.63, 3.8) is 0 Å². The largest absolute Gasteiger partial charge is 0.357 e. The summed E-state index contributed by atoms with van der Waals surface area (Å²) in [6, 6.07) is 6.83. The summed E-state index contributed by atoms with van der Waals surface area (Å²) in [7, 11) is 1.53. The number of fused-ring (bicyclic) bond motifs is 1. The zero-order valence-corrected chi connectivity index (χ0v) is 18.7. The van der Waals surface area contributed by atoms with Gasteiger partial charge in [0, 0.05) is 31.0 Å². The normalized spacial score (nSPS) is 21.4. The van der Waals surface area contributed by atoms with Gasteiger partial charge in [-0.1, -0.05) is 40.2 Å². The molecule has 0 radical (unpaired) electrons. The average Bonchev–Trinajstić information content (AvgIpc) is 3.00. The molecule has 1 N–H and O–H groups in total. The fraction of sp³-hybridized carbons (Fsp3) is 0.455. The zero-order valence-electron chi connectivity index (χ0n) is 17.1. The number of halogens is 1. The lowest BCUT2D eigenvalue weighted by Crippen LogP contribution is -2.47. The molecule has 1 saturated heterocycles. The van der Waals surface area contributed by atoms with Gasteiger partial charge in [-0.2, -0.15) is 0 Å². The summed E-state index contributed by atoms with van der Waals surface area (Å²) in [5.74, 6) is -1.54. The van der Waals surface area contributed by atoms with Crippen molar-refractivity contribution in [3.8, 4) is 0 Å². The van der Waals surface area contributed by atoms with E-state index in [1.807, 2.05) is 36.4 Å². The van der Waals surface area contributed by atoms with E-state index in [4.69, 9.17) is 0 Å². The van der Waals surface area contributed by atoms with Crippen LogP contribution >= 0.6 is 15.9 Å². The Morgan fingerprint density at radius 1 is 1.13 bits per heavy atom. The number of rotatable bonds is 7. The summed E-state index contributed by atoms with van der Waals surface area (Å²) in [5, 5.41) is 2.57. The number of carbonyl (C=O) groups is 4. The molecule has 1 fully saturated rings. The SMILES string of the molecule is CNC(=O)[C@@H](C)N(Cc1ccc(Br)cc1)C(=O)CCN1C(=O)[C@H]2CC=CC[C@H]2C1=O.